The van der Waals surface area contributed by atoms with Gasteiger partial charge in [-0.15, -0.1) is 0 Å². The molecule has 2 unspecified atom stereocenters. The van der Waals surface area contributed by atoms with Gasteiger partial charge in [-0.05, 0) is 24.3 Å². The molecule has 0 bridgehead atoms. The molecule has 0 aliphatic carbocycles. The van der Waals surface area contributed by atoms with E-state index in [1.807, 2.05) is 0 Å². The summed E-state index contributed by atoms with van der Waals surface area (Å²) in [6, 6.07) is 1.66. The first-order valence-electron chi connectivity index (χ1n) is 5.74. The van der Waals surface area contributed by atoms with E-state index >= 15 is 0 Å². The summed E-state index contributed by atoms with van der Waals surface area (Å²) in [6.07, 6.45) is 1.25. The fourth-order valence-corrected chi connectivity index (χ4v) is 3.11. The number of hydrogen-bond donors (Lipinski definition) is 0. The van der Waals surface area contributed by atoms with Gasteiger partial charge in [0.15, 0.2) is 0 Å². The highest BCUT2D eigenvalue weighted by Crippen LogP contribution is 2.34. The maximum absolute atomic E-state index is 6.18. The number of piperidine rings is 1. The lowest BCUT2D eigenvalue weighted by Crippen LogP contribution is -2.39. The third-order valence-electron chi connectivity index (χ3n) is 3.04. The Morgan fingerprint density at radius 3 is 2.29 bits per heavy atom. The molecule has 5 heteroatoms. The SMILES string of the molecule is CC1CC(C)CN(c2nc(Cl)c(Cl)cc2Cl)C1. The molecule has 2 rings (SSSR count). The van der Waals surface area contributed by atoms with E-state index in [4.69, 9.17) is 34.8 Å². The maximum atomic E-state index is 6.18. The first-order chi connectivity index (χ1) is 7.97. The van der Waals surface area contributed by atoms with Gasteiger partial charge in [0.1, 0.15) is 11.0 Å². The number of aromatic nitrogens is 1. The number of hydrogen-bond acceptors (Lipinski definition) is 2. The molecule has 0 aromatic carbocycles. The molecular formula is C12H15Cl3N2. The van der Waals surface area contributed by atoms with Gasteiger partial charge in [0.2, 0.25) is 0 Å². The molecule has 1 aromatic rings. The van der Waals surface area contributed by atoms with Crippen molar-refractivity contribution < 1.29 is 0 Å². The Kier molecular flexibility index (Phi) is 4.06. The zero-order valence-electron chi connectivity index (χ0n) is 9.88. The second-order valence-corrected chi connectivity index (χ2v) is 6.09. The molecule has 0 amide bonds. The smallest absolute Gasteiger partial charge is 0.150 e. The van der Waals surface area contributed by atoms with Gasteiger partial charge in [-0.3, -0.25) is 0 Å². The molecule has 2 atom stereocenters. The van der Waals surface area contributed by atoms with E-state index in [0.29, 0.717) is 27.0 Å². The molecule has 0 radical (unpaired) electrons. The minimum absolute atomic E-state index is 0.317. The Balaban J connectivity index is 2.30. The Bertz CT molecular complexity index is 412. The topological polar surface area (TPSA) is 16.1 Å². The molecule has 1 aliphatic heterocycles. The zero-order chi connectivity index (χ0) is 12.6. The molecule has 1 saturated heterocycles. The van der Waals surface area contributed by atoms with Gasteiger partial charge in [-0.1, -0.05) is 48.7 Å². The lowest BCUT2D eigenvalue weighted by molar-refractivity contribution is 0.355. The summed E-state index contributed by atoms with van der Waals surface area (Å²) in [5, 5.41) is 1.29. The molecule has 0 saturated carbocycles. The standard InChI is InChI=1S/C12H15Cl3N2/c1-7-3-8(2)6-17(5-7)12-10(14)4-9(13)11(15)16-12/h4,7-8H,3,5-6H2,1-2H3. The van der Waals surface area contributed by atoms with E-state index in [9.17, 15) is 0 Å². The summed E-state index contributed by atoms with van der Waals surface area (Å²) in [5.41, 5.74) is 0. The van der Waals surface area contributed by atoms with Gasteiger partial charge < -0.3 is 4.90 Å². The molecule has 17 heavy (non-hydrogen) atoms. The van der Waals surface area contributed by atoms with Gasteiger partial charge in [-0.25, -0.2) is 4.98 Å². The van der Waals surface area contributed by atoms with Crippen LogP contribution in [0.3, 0.4) is 0 Å². The lowest BCUT2D eigenvalue weighted by atomic mass is 9.92. The largest absolute Gasteiger partial charge is 0.355 e. The predicted molar refractivity (Wildman–Crippen MR) is 74.4 cm³/mol. The quantitative estimate of drug-likeness (QED) is 0.708. The molecule has 1 fully saturated rings. The van der Waals surface area contributed by atoms with Crippen LogP contribution in [0, 0.1) is 11.8 Å². The Morgan fingerprint density at radius 2 is 1.71 bits per heavy atom. The molecule has 0 N–H and O–H groups in total. The van der Waals surface area contributed by atoms with Crippen molar-refractivity contribution in [2.75, 3.05) is 18.0 Å². The minimum atomic E-state index is 0.317. The number of anilines is 1. The Morgan fingerprint density at radius 1 is 1.12 bits per heavy atom. The summed E-state index contributed by atoms with van der Waals surface area (Å²) >= 11 is 18.0. The Hall–Kier alpha value is -0.180. The van der Waals surface area contributed by atoms with Crippen LogP contribution in [-0.4, -0.2) is 18.1 Å². The second-order valence-electron chi connectivity index (χ2n) is 4.92. The van der Waals surface area contributed by atoms with Crippen molar-refractivity contribution in [3.05, 3.63) is 21.3 Å². The van der Waals surface area contributed by atoms with E-state index in [0.717, 1.165) is 18.9 Å². The molecular weight excluding hydrogens is 279 g/mol. The van der Waals surface area contributed by atoms with Crippen LogP contribution < -0.4 is 4.90 Å². The number of pyridine rings is 1. The van der Waals surface area contributed by atoms with E-state index in [-0.39, 0.29) is 0 Å². The van der Waals surface area contributed by atoms with E-state index in [2.05, 4.69) is 23.7 Å². The van der Waals surface area contributed by atoms with Crippen molar-refractivity contribution in [1.82, 2.24) is 4.98 Å². The van der Waals surface area contributed by atoms with Crippen molar-refractivity contribution in [3.8, 4) is 0 Å². The van der Waals surface area contributed by atoms with Gasteiger partial charge in [0.05, 0.1) is 10.0 Å². The van der Waals surface area contributed by atoms with Gasteiger partial charge in [0.25, 0.3) is 0 Å². The summed E-state index contributed by atoms with van der Waals surface area (Å²) in [5.74, 6) is 2.04. The average Bonchev–Trinajstić information content (AvgIpc) is 2.22. The van der Waals surface area contributed by atoms with Crippen LogP contribution in [0.4, 0.5) is 5.82 Å². The molecule has 94 valence electrons. The third-order valence-corrected chi connectivity index (χ3v) is 3.99. The first-order valence-corrected chi connectivity index (χ1v) is 6.87. The predicted octanol–water partition coefficient (Wildman–Crippen LogP) is 4.52. The summed E-state index contributed by atoms with van der Waals surface area (Å²) < 4.78 is 0. The monoisotopic (exact) mass is 292 g/mol. The van der Waals surface area contributed by atoms with Crippen molar-refractivity contribution in [2.24, 2.45) is 11.8 Å². The first kappa shape index (κ1) is 13.3. The second kappa shape index (κ2) is 5.21. The van der Waals surface area contributed by atoms with E-state index in [1.54, 1.807) is 6.07 Å². The van der Waals surface area contributed by atoms with Crippen LogP contribution in [0.2, 0.25) is 15.2 Å². The molecule has 2 heterocycles. The van der Waals surface area contributed by atoms with Crippen LogP contribution in [-0.2, 0) is 0 Å². The average molecular weight is 294 g/mol. The summed E-state index contributed by atoms with van der Waals surface area (Å²) in [4.78, 5) is 6.49. The molecule has 2 nitrogen and oxygen atoms in total. The normalized spacial score (nSPS) is 25.1. The molecule has 0 spiro atoms. The Labute approximate surface area is 117 Å². The highest BCUT2D eigenvalue weighted by Gasteiger charge is 2.24. The number of rotatable bonds is 1. The van der Waals surface area contributed by atoms with Gasteiger partial charge in [0, 0.05) is 13.1 Å². The van der Waals surface area contributed by atoms with Crippen LogP contribution in [0.25, 0.3) is 0 Å². The van der Waals surface area contributed by atoms with E-state index < -0.39 is 0 Å². The zero-order valence-corrected chi connectivity index (χ0v) is 12.1. The third kappa shape index (κ3) is 2.98. The minimum Gasteiger partial charge on any atom is -0.355 e. The van der Waals surface area contributed by atoms with Crippen LogP contribution in [0.1, 0.15) is 20.3 Å². The van der Waals surface area contributed by atoms with Crippen LogP contribution >= 0.6 is 34.8 Å². The fraction of sp³-hybridized carbons (Fsp3) is 0.583. The van der Waals surface area contributed by atoms with Crippen molar-refractivity contribution in [3.63, 3.8) is 0 Å². The van der Waals surface area contributed by atoms with Crippen molar-refractivity contribution in [1.29, 1.82) is 0 Å². The fourth-order valence-electron chi connectivity index (χ4n) is 2.49. The summed E-state index contributed by atoms with van der Waals surface area (Å²) in [7, 11) is 0. The lowest BCUT2D eigenvalue weighted by Gasteiger charge is -2.36. The summed E-state index contributed by atoms with van der Waals surface area (Å²) in [6.45, 7) is 6.42. The molecule has 1 aliphatic rings. The highest BCUT2D eigenvalue weighted by atomic mass is 35.5. The number of nitrogens with zero attached hydrogens (tertiary/aromatic N) is 2. The van der Waals surface area contributed by atoms with Crippen molar-refractivity contribution in [2.45, 2.75) is 20.3 Å². The highest BCUT2D eigenvalue weighted by molar-refractivity contribution is 6.42. The van der Waals surface area contributed by atoms with E-state index in [1.165, 1.54) is 6.42 Å². The van der Waals surface area contributed by atoms with Crippen LogP contribution in [0.5, 0.6) is 0 Å². The van der Waals surface area contributed by atoms with Gasteiger partial charge in [-0.2, -0.15) is 0 Å². The number of halogens is 3. The van der Waals surface area contributed by atoms with Crippen LogP contribution in [0.15, 0.2) is 6.07 Å². The van der Waals surface area contributed by atoms with Gasteiger partial charge >= 0.3 is 0 Å². The van der Waals surface area contributed by atoms with Crippen molar-refractivity contribution >= 4 is 40.6 Å². The maximum Gasteiger partial charge on any atom is 0.150 e. The molecule has 1 aromatic heterocycles.